The minimum absolute atomic E-state index is 0.101. The molecule has 1 heterocycles. The number of amides is 2. The van der Waals surface area contributed by atoms with Crippen molar-refractivity contribution >= 4 is 18.1 Å². The fourth-order valence-electron chi connectivity index (χ4n) is 4.67. The van der Waals surface area contributed by atoms with Crippen LogP contribution in [0.15, 0.2) is 0 Å². The second kappa shape index (κ2) is 19.1. The summed E-state index contributed by atoms with van der Waals surface area (Å²) >= 11 is 0. The first kappa shape index (κ1) is 28.6. The number of nitrogens with one attached hydrogen (secondary N) is 1. The molecule has 0 aromatic carbocycles. The molecule has 32 heavy (non-hydrogen) atoms. The molecule has 1 aliphatic rings. The Morgan fingerprint density at radius 1 is 0.844 bits per heavy atom. The number of likely N-dealkylation sites (tertiary alicyclic amines) is 1. The summed E-state index contributed by atoms with van der Waals surface area (Å²) in [5.41, 5.74) is 0. The molecule has 5 nitrogen and oxygen atoms in total. The van der Waals surface area contributed by atoms with Gasteiger partial charge < -0.3 is 15.0 Å². The molecule has 0 bridgehead atoms. The lowest BCUT2D eigenvalue weighted by Crippen LogP contribution is -2.49. The van der Waals surface area contributed by atoms with Crippen LogP contribution in [0.1, 0.15) is 136 Å². The highest BCUT2D eigenvalue weighted by atomic mass is 16.2. The molecule has 2 unspecified atom stereocenters. The third-order valence-corrected chi connectivity index (χ3v) is 6.73. The smallest absolute Gasteiger partial charge is 0.243 e. The zero-order valence-electron chi connectivity index (χ0n) is 21.0. The maximum atomic E-state index is 12.8. The van der Waals surface area contributed by atoms with Crippen LogP contribution in [0, 0.1) is 0 Å². The van der Waals surface area contributed by atoms with E-state index in [9.17, 15) is 14.4 Å². The highest BCUT2D eigenvalue weighted by Gasteiger charge is 2.34. The van der Waals surface area contributed by atoms with Crippen molar-refractivity contribution in [2.45, 2.75) is 148 Å². The molecule has 0 spiro atoms. The maximum absolute atomic E-state index is 12.8. The number of carbonyl (C=O) groups excluding carboxylic acids is 3. The lowest BCUT2D eigenvalue weighted by atomic mass is 10.1. The molecule has 0 aromatic rings. The zero-order chi connectivity index (χ0) is 23.4. The summed E-state index contributed by atoms with van der Waals surface area (Å²) in [7, 11) is 0. The van der Waals surface area contributed by atoms with Gasteiger partial charge in [0.25, 0.3) is 0 Å². The van der Waals surface area contributed by atoms with Crippen LogP contribution in [0.3, 0.4) is 0 Å². The van der Waals surface area contributed by atoms with E-state index in [-0.39, 0.29) is 11.8 Å². The summed E-state index contributed by atoms with van der Waals surface area (Å²) < 4.78 is 0. The maximum Gasteiger partial charge on any atom is 0.243 e. The average Bonchev–Trinajstić information content (AvgIpc) is 3.29. The van der Waals surface area contributed by atoms with Gasteiger partial charge in [0.2, 0.25) is 11.8 Å². The van der Waals surface area contributed by atoms with Gasteiger partial charge in [-0.3, -0.25) is 9.59 Å². The van der Waals surface area contributed by atoms with Gasteiger partial charge in [0.05, 0.1) is 6.04 Å². The molecular weight excluding hydrogens is 400 g/mol. The van der Waals surface area contributed by atoms with E-state index in [1.54, 1.807) is 4.90 Å². The number of nitrogens with zero attached hydrogens (tertiary/aromatic N) is 1. The Kier molecular flexibility index (Phi) is 17.1. The van der Waals surface area contributed by atoms with Crippen molar-refractivity contribution in [3.63, 3.8) is 0 Å². The summed E-state index contributed by atoms with van der Waals surface area (Å²) in [4.78, 5) is 38.7. The van der Waals surface area contributed by atoms with Crippen LogP contribution in [0.4, 0.5) is 0 Å². The molecule has 0 radical (unpaired) electrons. The molecule has 1 aliphatic heterocycles. The molecule has 2 amide bonds. The van der Waals surface area contributed by atoms with Gasteiger partial charge >= 0.3 is 0 Å². The zero-order valence-corrected chi connectivity index (χ0v) is 21.0. The quantitative estimate of drug-likeness (QED) is 0.174. The van der Waals surface area contributed by atoms with E-state index in [1.807, 2.05) is 0 Å². The monoisotopic (exact) mass is 450 g/mol. The number of rotatable bonds is 20. The highest BCUT2D eigenvalue weighted by molar-refractivity contribution is 5.89. The Hall–Kier alpha value is -1.39. The van der Waals surface area contributed by atoms with Crippen LogP contribution < -0.4 is 5.32 Å². The Labute approximate surface area is 197 Å². The lowest BCUT2D eigenvalue weighted by Gasteiger charge is -2.25. The lowest BCUT2D eigenvalue weighted by molar-refractivity contribution is -0.139. The fourth-order valence-corrected chi connectivity index (χ4v) is 4.67. The third kappa shape index (κ3) is 12.6. The molecule has 0 saturated carbocycles. The first-order valence-corrected chi connectivity index (χ1v) is 13.7. The van der Waals surface area contributed by atoms with Gasteiger partial charge in [-0.15, -0.1) is 0 Å². The summed E-state index contributed by atoms with van der Waals surface area (Å²) in [6.07, 6.45) is 21.7. The number of aldehydes is 1. The standard InChI is InChI=1S/C27H50N2O3/c1-3-5-7-9-11-12-13-15-17-21-26(31)29-22-18-20-25(29)27(32)28-24(23-30)19-16-14-10-8-6-4-2/h23-25H,3-22H2,1-2H3,(H,28,32). The largest absolute Gasteiger partial charge is 0.345 e. The highest BCUT2D eigenvalue weighted by Crippen LogP contribution is 2.20. The molecule has 1 saturated heterocycles. The molecule has 5 heteroatoms. The normalized spacial score (nSPS) is 16.8. The van der Waals surface area contributed by atoms with Crippen molar-refractivity contribution in [1.82, 2.24) is 10.2 Å². The van der Waals surface area contributed by atoms with Crippen LogP contribution >= 0.6 is 0 Å². The Bertz CT molecular complexity index is 509. The summed E-state index contributed by atoms with van der Waals surface area (Å²) in [5, 5.41) is 2.90. The minimum atomic E-state index is -0.427. The van der Waals surface area contributed by atoms with Gasteiger partial charge in [0, 0.05) is 13.0 Å². The molecule has 1 rings (SSSR count). The summed E-state index contributed by atoms with van der Waals surface area (Å²) in [6, 6.07) is -0.823. The molecule has 0 aliphatic carbocycles. The predicted octanol–water partition coefficient (Wildman–Crippen LogP) is 6.33. The molecule has 1 N–H and O–H groups in total. The number of unbranched alkanes of at least 4 members (excludes halogenated alkanes) is 13. The minimum Gasteiger partial charge on any atom is -0.345 e. The van der Waals surface area contributed by atoms with Crippen molar-refractivity contribution in [2.75, 3.05) is 6.54 Å². The third-order valence-electron chi connectivity index (χ3n) is 6.73. The number of hydrogen-bond acceptors (Lipinski definition) is 3. The molecule has 2 atom stereocenters. The van der Waals surface area contributed by atoms with Crippen LogP contribution in [-0.2, 0) is 14.4 Å². The van der Waals surface area contributed by atoms with E-state index in [0.717, 1.165) is 38.4 Å². The summed E-state index contributed by atoms with van der Waals surface area (Å²) in [5.74, 6) is -0.0461. The Morgan fingerprint density at radius 3 is 1.94 bits per heavy atom. The number of carbonyl (C=O) groups is 3. The van der Waals surface area contributed by atoms with Crippen molar-refractivity contribution < 1.29 is 14.4 Å². The van der Waals surface area contributed by atoms with Gasteiger partial charge in [-0.05, 0) is 25.7 Å². The first-order valence-electron chi connectivity index (χ1n) is 13.7. The van der Waals surface area contributed by atoms with E-state index in [2.05, 4.69) is 19.2 Å². The fraction of sp³-hybridized carbons (Fsp3) is 0.889. The second-order valence-electron chi connectivity index (χ2n) is 9.63. The van der Waals surface area contributed by atoms with Crippen molar-refractivity contribution in [2.24, 2.45) is 0 Å². The van der Waals surface area contributed by atoms with Gasteiger partial charge in [0.15, 0.2) is 0 Å². The van der Waals surface area contributed by atoms with E-state index in [4.69, 9.17) is 0 Å². The predicted molar refractivity (Wildman–Crippen MR) is 133 cm³/mol. The van der Waals surface area contributed by atoms with E-state index >= 15 is 0 Å². The first-order chi connectivity index (χ1) is 15.6. The van der Waals surface area contributed by atoms with Gasteiger partial charge in [-0.2, -0.15) is 0 Å². The van der Waals surface area contributed by atoms with Crippen LogP contribution in [0.5, 0.6) is 0 Å². The molecule has 1 fully saturated rings. The summed E-state index contributed by atoms with van der Waals surface area (Å²) in [6.45, 7) is 5.10. The molecule has 0 aromatic heterocycles. The van der Waals surface area contributed by atoms with Crippen molar-refractivity contribution in [1.29, 1.82) is 0 Å². The second-order valence-corrected chi connectivity index (χ2v) is 9.63. The molecule has 186 valence electrons. The van der Waals surface area contributed by atoms with E-state index in [0.29, 0.717) is 25.8 Å². The van der Waals surface area contributed by atoms with Crippen molar-refractivity contribution in [3.8, 4) is 0 Å². The van der Waals surface area contributed by atoms with Gasteiger partial charge in [-0.25, -0.2) is 0 Å². The van der Waals surface area contributed by atoms with Crippen LogP contribution in [0.25, 0.3) is 0 Å². The number of hydrogen-bond donors (Lipinski definition) is 1. The Balaban J connectivity index is 2.25. The van der Waals surface area contributed by atoms with Crippen molar-refractivity contribution in [3.05, 3.63) is 0 Å². The SMILES string of the molecule is CCCCCCCCCCCC(=O)N1CCCC1C(=O)NC(C=O)CCCCCCCC. The van der Waals surface area contributed by atoms with Crippen LogP contribution in [0.2, 0.25) is 0 Å². The van der Waals surface area contributed by atoms with Gasteiger partial charge in [0.1, 0.15) is 12.3 Å². The average molecular weight is 451 g/mol. The van der Waals surface area contributed by atoms with Gasteiger partial charge in [-0.1, -0.05) is 104 Å². The topological polar surface area (TPSA) is 66.5 Å². The van der Waals surface area contributed by atoms with E-state index in [1.165, 1.54) is 70.6 Å². The van der Waals surface area contributed by atoms with Crippen LogP contribution in [-0.4, -0.2) is 41.6 Å². The van der Waals surface area contributed by atoms with E-state index < -0.39 is 12.1 Å². The Morgan fingerprint density at radius 2 is 1.38 bits per heavy atom. The molecular formula is C27H50N2O3.